The Balaban J connectivity index is 1.78. The standard InChI is InChI=1S/C19H18FN5S/c1-2-24-18(22-23-19(24)26)12-25-16-6-4-3-5-15(16)21-17(25)11-13-7-9-14(20)10-8-13/h3-10H,2,11-12H2,1H3,(H,23,26). The molecule has 0 amide bonds. The highest BCUT2D eigenvalue weighted by Crippen LogP contribution is 2.20. The van der Waals surface area contributed by atoms with Crippen molar-refractivity contribution < 1.29 is 4.39 Å². The third-order valence-corrected chi connectivity index (χ3v) is 4.77. The fourth-order valence-corrected chi connectivity index (χ4v) is 3.44. The maximum absolute atomic E-state index is 13.2. The Morgan fingerprint density at radius 2 is 1.81 bits per heavy atom. The lowest BCUT2D eigenvalue weighted by Crippen LogP contribution is -2.11. The zero-order valence-electron chi connectivity index (χ0n) is 14.3. The number of imidazole rings is 1. The largest absolute Gasteiger partial charge is 0.320 e. The minimum Gasteiger partial charge on any atom is -0.320 e. The molecule has 0 aliphatic carbocycles. The predicted molar refractivity (Wildman–Crippen MR) is 101 cm³/mol. The van der Waals surface area contributed by atoms with E-state index in [2.05, 4.69) is 14.8 Å². The van der Waals surface area contributed by atoms with Crippen LogP contribution >= 0.6 is 12.2 Å². The van der Waals surface area contributed by atoms with Gasteiger partial charge in [-0.05, 0) is 49.0 Å². The Morgan fingerprint density at radius 1 is 1.04 bits per heavy atom. The molecular formula is C19H18FN5S. The first-order valence-corrected chi connectivity index (χ1v) is 8.89. The number of H-pyrrole nitrogens is 1. The van der Waals surface area contributed by atoms with Gasteiger partial charge in [0.15, 0.2) is 10.6 Å². The van der Waals surface area contributed by atoms with E-state index in [4.69, 9.17) is 17.2 Å². The minimum absolute atomic E-state index is 0.235. The van der Waals surface area contributed by atoms with E-state index in [1.165, 1.54) is 12.1 Å². The molecule has 0 radical (unpaired) electrons. The van der Waals surface area contributed by atoms with Crippen LogP contribution in [-0.4, -0.2) is 24.3 Å². The quantitative estimate of drug-likeness (QED) is 0.541. The molecule has 0 aliphatic heterocycles. The predicted octanol–water partition coefficient (Wildman–Crippen LogP) is 4.09. The summed E-state index contributed by atoms with van der Waals surface area (Å²) >= 11 is 5.30. The number of para-hydroxylation sites is 2. The van der Waals surface area contributed by atoms with Gasteiger partial charge in [-0.15, -0.1) is 0 Å². The molecule has 2 aromatic carbocycles. The van der Waals surface area contributed by atoms with Crippen LogP contribution in [0.2, 0.25) is 0 Å². The number of aromatic nitrogens is 5. The second-order valence-corrected chi connectivity index (χ2v) is 6.48. The summed E-state index contributed by atoms with van der Waals surface area (Å²) in [6.45, 7) is 3.36. The first kappa shape index (κ1) is 16.7. The summed E-state index contributed by atoms with van der Waals surface area (Å²) in [6.07, 6.45) is 0.617. The number of halogens is 1. The van der Waals surface area contributed by atoms with Crippen LogP contribution in [0.1, 0.15) is 24.1 Å². The zero-order valence-corrected chi connectivity index (χ0v) is 15.1. The van der Waals surface area contributed by atoms with Crippen LogP contribution in [0, 0.1) is 10.6 Å². The minimum atomic E-state index is -0.235. The Morgan fingerprint density at radius 3 is 2.58 bits per heavy atom. The number of hydrogen-bond donors (Lipinski definition) is 1. The van der Waals surface area contributed by atoms with Crippen molar-refractivity contribution in [2.45, 2.75) is 26.4 Å². The molecule has 4 rings (SSSR count). The van der Waals surface area contributed by atoms with Crippen molar-refractivity contribution in [2.24, 2.45) is 0 Å². The lowest BCUT2D eigenvalue weighted by Gasteiger charge is -2.10. The van der Waals surface area contributed by atoms with Gasteiger partial charge in [-0.25, -0.2) is 9.37 Å². The summed E-state index contributed by atoms with van der Waals surface area (Å²) in [6, 6.07) is 14.6. The summed E-state index contributed by atoms with van der Waals surface area (Å²) in [4.78, 5) is 4.78. The third kappa shape index (κ3) is 3.06. The normalized spacial score (nSPS) is 11.3. The summed E-state index contributed by atoms with van der Waals surface area (Å²) < 4.78 is 17.9. The van der Waals surface area contributed by atoms with Gasteiger partial charge < -0.3 is 9.13 Å². The monoisotopic (exact) mass is 367 g/mol. The van der Waals surface area contributed by atoms with E-state index < -0.39 is 0 Å². The van der Waals surface area contributed by atoms with Crippen molar-refractivity contribution in [1.29, 1.82) is 0 Å². The van der Waals surface area contributed by atoms with Gasteiger partial charge in [0.25, 0.3) is 0 Å². The van der Waals surface area contributed by atoms with Gasteiger partial charge in [0, 0.05) is 13.0 Å². The summed E-state index contributed by atoms with van der Waals surface area (Å²) in [7, 11) is 0. The highest BCUT2D eigenvalue weighted by atomic mass is 32.1. The molecule has 4 aromatic rings. The van der Waals surface area contributed by atoms with Crippen molar-refractivity contribution in [2.75, 3.05) is 0 Å². The van der Waals surface area contributed by atoms with Crippen LogP contribution in [0.3, 0.4) is 0 Å². The fourth-order valence-electron chi connectivity index (χ4n) is 3.16. The number of fused-ring (bicyclic) bond motifs is 1. The third-order valence-electron chi connectivity index (χ3n) is 4.46. The molecule has 0 fully saturated rings. The first-order valence-electron chi connectivity index (χ1n) is 8.48. The number of nitrogens with one attached hydrogen (secondary N) is 1. The lowest BCUT2D eigenvalue weighted by atomic mass is 10.1. The maximum Gasteiger partial charge on any atom is 0.195 e. The molecular weight excluding hydrogens is 349 g/mol. The van der Waals surface area contributed by atoms with Gasteiger partial charge in [-0.1, -0.05) is 24.3 Å². The molecule has 132 valence electrons. The second-order valence-electron chi connectivity index (χ2n) is 6.10. The Hall–Kier alpha value is -2.80. The molecule has 0 bridgehead atoms. The molecule has 0 saturated heterocycles. The van der Waals surface area contributed by atoms with Crippen LogP contribution in [0.5, 0.6) is 0 Å². The van der Waals surface area contributed by atoms with Gasteiger partial charge in [-0.2, -0.15) is 5.10 Å². The lowest BCUT2D eigenvalue weighted by molar-refractivity contribution is 0.626. The first-order chi connectivity index (χ1) is 12.7. The van der Waals surface area contributed by atoms with Gasteiger partial charge >= 0.3 is 0 Å². The van der Waals surface area contributed by atoms with Crippen LogP contribution in [0.15, 0.2) is 48.5 Å². The van der Waals surface area contributed by atoms with Crippen LogP contribution in [-0.2, 0) is 19.5 Å². The number of hydrogen-bond acceptors (Lipinski definition) is 3. The number of aromatic amines is 1. The van der Waals surface area contributed by atoms with Crippen molar-refractivity contribution in [3.8, 4) is 0 Å². The molecule has 0 aliphatic rings. The second kappa shape index (κ2) is 6.84. The molecule has 1 N–H and O–H groups in total. The molecule has 0 atom stereocenters. The fraction of sp³-hybridized carbons (Fsp3) is 0.211. The highest BCUT2D eigenvalue weighted by Gasteiger charge is 2.14. The average molecular weight is 367 g/mol. The SMILES string of the molecule is CCn1c(Cn2c(Cc3ccc(F)cc3)nc3ccccc32)n[nH]c1=S. The smallest absolute Gasteiger partial charge is 0.195 e. The topological polar surface area (TPSA) is 51.4 Å². The van der Waals surface area contributed by atoms with Gasteiger partial charge in [0.05, 0.1) is 17.6 Å². The summed E-state index contributed by atoms with van der Waals surface area (Å²) in [5.74, 6) is 1.54. The van der Waals surface area contributed by atoms with Crippen LogP contribution in [0.25, 0.3) is 11.0 Å². The number of nitrogens with zero attached hydrogens (tertiary/aromatic N) is 4. The van der Waals surface area contributed by atoms with E-state index in [0.717, 1.165) is 34.8 Å². The maximum atomic E-state index is 13.2. The Labute approximate surface area is 155 Å². The number of benzene rings is 2. The van der Waals surface area contributed by atoms with E-state index in [9.17, 15) is 4.39 Å². The molecule has 7 heteroatoms. The van der Waals surface area contributed by atoms with E-state index in [1.54, 1.807) is 12.1 Å². The Bertz CT molecular complexity index is 1110. The van der Waals surface area contributed by atoms with Crippen molar-refractivity contribution in [1.82, 2.24) is 24.3 Å². The van der Waals surface area contributed by atoms with Crippen molar-refractivity contribution in [3.05, 3.63) is 76.3 Å². The average Bonchev–Trinajstić information content (AvgIpc) is 3.18. The van der Waals surface area contributed by atoms with Gasteiger partial charge in [0.2, 0.25) is 0 Å². The van der Waals surface area contributed by atoms with Crippen LogP contribution in [0.4, 0.5) is 4.39 Å². The summed E-state index contributed by atoms with van der Waals surface area (Å²) in [5.41, 5.74) is 2.99. The zero-order chi connectivity index (χ0) is 18.1. The van der Waals surface area contributed by atoms with Crippen LogP contribution < -0.4 is 0 Å². The van der Waals surface area contributed by atoms with Crippen molar-refractivity contribution in [3.63, 3.8) is 0 Å². The van der Waals surface area contributed by atoms with E-state index in [1.807, 2.05) is 35.8 Å². The molecule has 26 heavy (non-hydrogen) atoms. The molecule has 0 unspecified atom stereocenters. The Kier molecular flexibility index (Phi) is 4.38. The van der Waals surface area contributed by atoms with Gasteiger partial charge in [-0.3, -0.25) is 5.10 Å². The molecule has 0 spiro atoms. The molecule has 2 heterocycles. The van der Waals surface area contributed by atoms with E-state index in [0.29, 0.717) is 17.7 Å². The number of rotatable bonds is 5. The van der Waals surface area contributed by atoms with Crippen molar-refractivity contribution >= 4 is 23.3 Å². The highest BCUT2D eigenvalue weighted by molar-refractivity contribution is 7.71. The molecule has 5 nitrogen and oxygen atoms in total. The van der Waals surface area contributed by atoms with E-state index in [-0.39, 0.29) is 5.82 Å². The molecule has 2 aromatic heterocycles. The van der Waals surface area contributed by atoms with Gasteiger partial charge in [0.1, 0.15) is 11.6 Å². The van der Waals surface area contributed by atoms with E-state index >= 15 is 0 Å². The summed E-state index contributed by atoms with van der Waals surface area (Å²) in [5, 5.41) is 7.24. The molecule has 0 saturated carbocycles.